The average molecular weight is 687 g/mol. The second kappa shape index (κ2) is 14.0. The van der Waals surface area contributed by atoms with E-state index in [4.69, 9.17) is 23.2 Å². The van der Waals surface area contributed by atoms with Crippen molar-refractivity contribution in [1.82, 2.24) is 4.58 Å². The Labute approximate surface area is 303 Å². The molecule has 4 aromatic rings. The summed E-state index contributed by atoms with van der Waals surface area (Å²) in [6.07, 6.45) is 12.3. The van der Waals surface area contributed by atoms with Crippen LogP contribution in [0.25, 0.3) is 0 Å². The number of rotatable bonds is 7. The van der Waals surface area contributed by atoms with Crippen LogP contribution in [0.15, 0.2) is 144 Å². The predicted molar refractivity (Wildman–Crippen MR) is 213 cm³/mol. The van der Waals surface area contributed by atoms with Crippen LogP contribution >= 0.6 is 23.2 Å². The fourth-order valence-corrected chi connectivity index (χ4v) is 8.13. The fraction of sp³-hybridized carbons (Fsp3) is 0.267. The van der Waals surface area contributed by atoms with Crippen molar-refractivity contribution in [3.8, 4) is 0 Å². The Kier molecular flexibility index (Phi) is 9.94. The molecule has 2 aliphatic rings. The summed E-state index contributed by atoms with van der Waals surface area (Å²) >= 11 is 13.0. The average Bonchev–Trinajstić information content (AvgIpc) is 3.56. The summed E-state index contributed by atoms with van der Waals surface area (Å²) in [5.74, 6) is 0. The monoisotopic (exact) mass is 685 g/mol. The van der Waals surface area contributed by atoms with Gasteiger partial charge in [0.15, 0.2) is 0 Å². The number of benzene rings is 4. The van der Waals surface area contributed by atoms with Gasteiger partial charge in [-0.2, -0.15) is 4.58 Å². The van der Waals surface area contributed by atoms with Gasteiger partial charge in [0.25, 0.3) is 0 Å². The van der Waals surface area contributed by atoms with Crippen LogP contribution in [-0.4, -0.2) is 12.8 Å². The number of nitrogens with zero attached hydrogens (tertiary/aromatic N) is 2. The highest BCUT2D eigenvalue weighted by Crippen LogP contribution is 2.48. The van der Waals surface area contributed by atoms with E-state index in [2.05, 4.69) is 167 Å². The molecule has 6 rings (SSSR count). The van der Waals surface area contributed by atoms with E-state index in [0.717, 1.165) is 40.7 Å². The molecule has 0 unspecified atom stereocenters. The maximum atomic E-state index is 6.51. The second-order valence-corrected chi connectivity index (χ2v) is 15.1. The Balaban J connectivity index is 1.54. The normalized spacial score (nSPS) is 18.6. The van der Waals surface area contributed by atoms with Crippen LogP contribution in [0.3, 0.4) is 0 Å². The first kappa shape index (κ1) is 34.7. The molecule has 1 aliphatic heterocycles. The van der Waals surface area contributed by atoms with Crippen molar-refractivity contribution in [2.45, 2.75) is 71.6 Å². The van der Waals surface area contributed by atoms with Gasteiger partial charge in [-0.15, -0.1) is 0 Å². The quantitative estimate of drug-likeness (QED) is 0.175. The fourth-order valence-electron chi connectivity index (χ4n) is 7.78. The summed E-state index contributed by atoms with van der Waals surface area (Å²) in [7, 11) is 2.16. The van der Waals surface area contributed by atoms with Gasteiger partial charge in [-0.3, -0.25) is 0 Å². The highest BCUT2D eigenvalue weighted by atomic mass is 35.5. The minimum absolute atomic E-state index is 0.169. The Morgan fingerprint density at radius 2 is 1.37 bits per heavy atom. The van der Waals surface area contributed by atoms with Crippen molar-refractivity contribution in [2.75, 3.05) is 11.9 Å². The molecule has 0 N–H and O–H groups in total. The number of allylic oxidation sites excluding steroid dienone is 8. The molecule has 49 heavy (non-hydrogen) atoms. The maximum absolute atomic E-state index is 6.51. The zero-order valence-electron chi connectivity index (χ0n) is 29.8. The molecule has 0 bridgehead atoms. The smallest absolute Gasteiger partial charge is 0.218 e. The van der Waals surface area contributed by atoms with E-state index < -0.39 is 0 Å². The lowest BCUT2D eigenvalue weighted by Crippen LogP contribution is -2.23. The zero-order valence-corrected chi connectivity index (χ0v) is 31.3. The molecule has 0 amide bonds. The summed E-state index contributed by atoms with van der Waals surface area (Å²) in [5.41, 5.74) is 13.5. The zero-order chi connectivity index (χ0) is 34.9. The number of hydrogen-bond acceptors (Lipinski definition) is 1. The first-order valence-corrected chi connectivity index (χ1v) is 18.1. The van der Waals surface area contributed by atoms with Crippen LogP contribution in [0.5, 0.6) is 0 Å². The van der Waals surface area contributed by atoms with E-state index in [-0.39, 0.29) is 10.8 Å². The van der Waals surface area contributed by atoms with Crippen LogP contribution < -0.4 is 9.48 Å². The molecular formula is C45H47Cl2N2+. The Hall–Kier alpha value is -4.11. The molecule has 1 fully saturated rings. The number of likely N-dealkylation sites (N-methyl/N-ethyl adjacent to an activating group) is 1. The molecule has 1 saturated carbocycles. The standard InChI is InChI=1S/C45H47Cl2N2/c1-8-34(44(3,4)39-29-35(46)25-19-31(39)2)24-22-32-20-21-33(23-28-42-45(5,6)40-30-36(47)26-27-41(40)48(42)7)43(32)49(37-15-11-9-12-16-37)38-17-13-10-14-18-38/h9-19,22-30H,8,20-21H2,1-7H3/q+1/b32-22+,34-24-. The topological polar surface area (TPSA) is 6.25 Å². The summed E-state index contributed by atoms with van der Waals surface area (Å²) in [5, 5.41) is 1.55. The molecule has 0 spiro atoms. The van der Waals surface area contributed by atoms with Crippen molar-refractivity contribution < 1.29 is 0 Å². The van der Waals surface area contributed by atoms with Crippen LogP contribution in [0, 0.1) is 6.92 Å². The van der Waals surface area contributed by atoms with Gasteiger partial charge in [0.1, 0.15) is 0 Å². The van der Waals surface area contributed by atoms with E-state index in [1.54, 1.807) is 0 Å². The number of hydrogen-bond donors (Lipinski definition) is 0. The first-order valence-electron chi connectivity index (χ1n) is 17.3. The molecule has 2 nitrogen and oxygen atoms in total. The van der Waals surface area contributed by atoms with Gasteiger partial charge in [-0.25, -0.2) is 0 Å². The van der Waals surface area contributed by atoms with Gasteiger partial charge in [-0.05, 0) is 79.3 Å². The van der Waals surface area contributed by atoms with Crippen molar-refractivity contribution in [2.24, 2.45) is 0 Å². The molecule has 0 radical (unpaired) electrons. The lowest BCUT2D eigenvalue weighted by molar-refractivity contribution is 0.597. The molecule has 0 aromatic heterocycles. The highest BCUT2D eigenvalue weighted by Gasteiger charge is 2.39. The van der Waals surface area contributed by atoms with Crippen LogP contribution in [0.2, 0.25) is 10.0 Å². The minimum Gasteiger partial charge on any atom is -0.347 e. The van der Waals surface area contributed by atoms with Gasteiger partial charge >= 0.3 is 0 Å². The molecule has 250 valence electrons. The number of para-hydroxylation sites is 2. The molecule has 1 aliphatic carbocycles. The number of fused-ring (bicyclic) bond motifs is 1. The maximum Gasteiger partial charge on any atom is 0.218 e. The predicted octanol–water partition coefficient (Wildman–Crippen LogP) is 12.8. The van der Waals surface area contributed by atoms with E-state index in [0.29, 0.717) is 0 Å². The Morgan fingerprint density at radius 1 is 0.796 bits per heavy atom. The van der Waals surface area contributed by atoms with E-state index in [1.165, 1.54) is 50.5 Å². The Morgan fingerprint density at radius 3 is 1.98 bits per heavy atom. The van der Waals surface area contributed by atoms with Crippen molar-refractivity contribution in [3.05, 3.63) is 171 Å². The highest BCUT2D eigenvalue weighted by molar-refractivity contribution is 6.31. The van der Waals surface area contributed by atoms with E-state index in [9.17, 15) is 0 Å². The third-order valence-electron chi connectivity index (χ3n) is 10.5. The van der Waals surface area contributed by atoms with Gasteiger partial charge in [0, 0.05) is 74.7 Å². The van der Waals surface area contributed by atoms with E-state index >= 15 is 0 Å². The van der Waals surface area contributed by atoms with Gasteiger partial charge in [0.05, 0.1) is 0 Å². The van der Waals surface area contributed by atoms with Crippen molar-refractivity contribution in [3.63, 3.8) is 0 Å². The third kappa shape index (κ3) is 6.74. The minimum atomic E-state index is -0.176. The van der Waals surface area contributed by atoms with Gasteiger partial charge < -0.3 is 4.90 Å². The van der Waals surface area contributed by atoms with Gasteiger partial charge in [-0.1, -0.05) is 124 Å². The largest absolute Gasteiger partial charge is 0.347 e. The van der Waals surface area contributed by atoms with Crippen LogP contribution in [-0.2, 0) is 10.8 Å². The lowest BCUT2D eigenvalue weighted by atomic mass is 9.74. The molecule has 0 saturated heterocycles. The number of anilines is 1. The third-order valence-corrected chi connectivity index (χ3v) is 11.0. The van der Waals surface area contributed by atoms with Crippen molar-refractivity contribution >= 4 is 46.0 Å². The molecular weight excluding hydrogens is 639 g/mol. The van der Waals surface area contributed by atoms with Crippen LogP contribution in [0.1, 0.15) is 70.6 Å². The lowest BCUT2D eigenvalue weighted by Gasteiger charge is -2.30. The summed E-state index contributed by atoms with van der Waals surface area (Å²) < 4.78 is 2.44. The Bertz CT molecular complexity index is 1980. The van der Waals surface area contributed by atoms with Crippen molar-refractivity contribution in [1.29, 1.82) is 0 Å². The summed E-state index contributed by atoms with van der Waals surface area (Å²) in [6.45, 7) is 13.7. The van der Waals surface area contributed by atoms with E-state index in [1.807, 2.05) is 12.1 Å². The SMILES string of the molecule is CC/C(=C/C=C1\CCC(=CC=C2N(C)c3ccc(Cl)cc3C2(C)C)C1=[N+](c1ccccc1)c1ccccc1)C(C)(C)c1cc(Cl)ccc1C. The number of aryl methyl sites for hydroxylation is 1. The van der Waals surface area contributed by atoms with Gasteiger partial charge in [0.2, 0.25) is 17.1 Å². The van der Waals surface area contributed by atoms with Crippen LogP contribution in [0.4, 0.5) is 17.1 Å². The molecule has 4 heteroatoms. The first-order chi connectivity index (χ1) is 23.4. The molecule has 4 aromatic carbocycles. The molecule has 1 heterocycles. The summed E-state index contributed by atoms with van der Waals surface area (Å²) in [4.78, 5) is 2.32. The summed E-state index contributed by atoms with van der Waals surface area (Å²) in [6, 6.07) is 34.0. The number of halogens is 2. The second-order valence-electron chi connectivity index (χ2n) is 14.3. The molecule has 0 atom stereocenters.